The zero-order valence-electron chi connectivity index (χ0n) is 15.1. The standard InChI is InChI=1S/C20H20F2N2O4/c21-14-3-6-18(17(22)11-14)28-16-7-9-24(10-8-16)20(26)13-1-4-15(5-2-13)27-12-19(23)25/h1-6,11,16H,7-10,12H2,(H2,23,25). The SMILES string of the molecule is NC(=O)COc1ccc(C(=O)N2CCC(Oc3ccc(F)cc3F)CC2)cc1. The van der Waals surface area contributed by atoms with Crippen LogP contribution in [0.5, 0.6) is 11.5 Å². The summed E-state index contributed by atoms with van der Waals surface area (Å²) in [7, 11) is 0. The second-order valence-electron chi connectivity index (χ2n) is 6.46. The Morgan fingerprint density at radius 3 is 2.36 bits per heavy atom. The lowest BCUT2D eigenvalue weighted by Gasteiger charge is -2.32. The smallest absolute Gasteiger partial charge is 0.255 e. The van der Waals surface area contributed by atoms with Gasteiger partial charge in [-0.25, -0.2) is 8.78 Å². The molecule has 0 bridgehead atoms. The molecular weight excluding hydrogens is 370 g/mol. The Balaban J connectivity index is 1.52. The van der Waals surface area contributed by atoms with Crippen molar-refractivity contribution in [3.8, 4) is 11.5 Å². The van der Waals surface area contributed by atoms with Gasteiger partial charge in [-0.3, -0.25) is 9.59 Å². The monoisotopic (exact) mass is 390 g/mol. The van der Waals surface area contributed by atoms with Gasteiger partial charge >= 0.3 is 0 Å². The van der Waals surface area contributed by atoms with Crippen LogP contribution in [0.3, 0.4) is 0 Å². The molecule has 0 aromatic heterocycles. The molecule has 0 unspecified atom stereocenters. The lowest BCUT2D eigenvalue weighted by Crippen LogP contribution is -2.41. The first-order valence-corrected chi connectivity index (χ1v) is 8.84. The molecule has 3 rings (SSSR count). The third-order valence-electron chi connectivity index (χ3n) is 4.40. The summed E-state index contributed by atoms with van der Waals surface area (Å²) in [6.07, 6.45) is 0.846. The first-order valence-electron chi connectivity index (χ1n) is 8.84. The van der Waals surface area contributed by atoms with E-state index in [1.807, 2.05) is 0 Å². The molecule has 28 heavy (non-hydrogen) atoms. The Morgan fingerprint density at radius 2 is 1.75 bits per heavy atom. The summed E-state index contributed by atoms with van der Waals surface area (Å²) in [4.78, 5) is 25.0. The summed E-state index contributed by atoms with van der Waals surface area (Å²) in [6.45, 7) is 0.702. The van der Waals surface area contributed by atoms with Crippen molar-refractivity contribution in [1.29, 1.82) is 0 Å². The number of amides is 2. The molecule has 1 fully saturated rings. The van der Waals surface area contributed by atoms with E-state index in [0.717, 1.165) is 12.1 Å². The Morgan fingerprint density at radius 1 is 1.07 bits per heavy atom. The molecule has 1 heterocycles. The number of hydrogen-bond donors (Lipinski definition) is 1. The Hall–Kier alpha value is -3.16. The van der Waals surface area contributed by atoms with E-state index >= 15 is 0 Å². The third-order valence-corrected chi connectivity index (χ3v) is 4.40. The van der Waals surface area contributed by atoms with Gasteiger partial charge in [-0.15, -0.1) is 0 Å². The van der Waals surface area contributed by atoms with Gasteiger partial charge in [-0.2, -0.15) is 0 Å². The van der Waals surface area contributed by atoms with E-state index in [1.54, 1.807) is 29.2 Å². The molecule has 2 amide bonds. The summed E-state index contributed by atoms with van der Waals surface area (Å²) >= 11 is 0. The topological polar surface area (TPSA) is 81.9 Å². The van der Waals surface area contributed by atoms with E-state index in [4.69, 9.17) is 15.2 Å². The van der Waals surface area contributed by atoms with Crippen molar-refractivity contribution < 1.29 is 27.8 Å². The van der Waals surface area contributed by atoms with Crippen molar-refractivity contribution in [2.45, 2.75) is 18.9 Å². The number of carbonyl (C=O) groups excluding carboxylic acids is 2. The highest BCUT2D eigenvalue weighted by Crippen LogP contribution is 2.24. The Kier molecular flexibility index (Phi) is 6.08. The van der Waals surface area contributed by atoms with Gasteiger partial charge < -0.3 is 20.1 Å². The number of hydrogen-bond acceptors (Lipinski definition) is 4. The second-order valence-corrected chi connectivity index (χ2v) is 6.46. The normalized spacial score (nSPS) is 14.6. The van der Waals surface area contributed by atoms with Crippen molar-refractivity contribution in [2.75, 3.05) is 19.7 Å². The fraction of sp³-hybridized carbons (Fsp3) is 0.300. The third kappa shape index (κ3) is 4.97. The van der Waals surface area contributed by atoms with Crippen LogP contribution >= 0.6 is 0 Å². The van der Waals surface area contributed by atoms with Crippen LogP contribution in [0.4, 0.5) is 8.78 Å². The summed E-state index contributed by atoms with van der Waals surface area (Å²) in [5.74, 6) is -1.64. The maximum absolute atomic E-state index is 13.7. The van der Waals surface area contributed by atoms with Gasteiger partial charge in [0.05, 0.1) is 0 Å². The van der Waals surface area contributed by atoms with E-state index in [-0.39, 0.29) is 24.4 Å². The molecule has 0 aliphatic carbocycles. The van der Waals surface area contributed by atoms with Gasteiger partial charge in [0.2, 0.25) is 0 Å². The highest BCUT2D eigenvalue weighted by atomic mass is 19.1. The van der Waals surface area contributed by atoms with E-state index in [1.165, 1.54) is 6.07 Å². The lowest BCUT2D eigenvalue weighted by atomic mass is 10.1. The Labute approximate surface area is 160 Å². The molecule has 6 nitrogen and oxygen atoms in total. The minimum absolute atomic E-state index is 0.0118. The molecule has 0 spiro atoms. The van der Waals surface area contributed by atoms with Crippen molar-refractivity contribution >= 4 is 11.8 Å². The van der Waals surface area contributed by atoms with Crippen LogP contribution < -0.4 is 15.2 Å². The summed E-state index contributed by atoms with van der Waals surface area (Å²) in [5, 5.41) is 0. The highest BCUT2D eigenvalue weighted by Gasteiger charge is 2.25. The van der Waals surface area contributed by atoms with E-state index < -0.39 is 17.5 Å². The molecule has 1 saturated heterocycles. The summed E-state index contributed by atoms with van der Waals surface area (Å²) < 4.78 is 37.4. The molecule has 1 aliphatic rings. The van der Waals surface area contributed by atoms with Crippen LogP contribution in [0.2, 0.25) is 0 Å². The number of piperidine rings is 1. The van der Waals surface area contributed by atoms with Crippen LogP contribution in [-0.2, 0) is 4.79 Å². The van der Waals surface area contributed by atoms with Crippen molar-refractivity contribution in [3.63, 3.8) is 0 Å². The highest BCUT2D eigenvalue weighted by molar-refractivity contribution is 5.94. The first kappa shape index (κ1) is 19.6. The average molecular weight is 390 g/mol. The minimum Gasteiger partial charge on any atom is -0.487 e. The molecular formula is C20H20F2N2O4. The predicted molar refractivity (Wildman–Crippen MR) is 97.0 cm³/mol. The fourth-order valence-corrected chi connectivity index (χ4v) is 2.96. The van der Waals surface area contributed by atoms with Crippen LogP contribution in [0.25, 0.3) is 0 Å². The molecule has 0 radical (unpaired) electrons. The molecule has 2 aromatic rings. The van der Waals surface area contributed by atoms with Crippen LogP contribution in [0.1, 0.15) is 23.2 Å². The number of likely N-dealkylation sites (tertiary alicyclic amines) is 1. The molecule has 2 N–H and O–H groups in total. The van der Waals surface area contributed by atoms with Crippen molar-refractivity contribution in [2.24, 2.45) is 5.73 Å². The van der Waals surface area contributed by atoms with Crippen LogP contribution in [0, 0.1) is 11.6 Å². The van der Waals surface area contributed by atoms with Gasteiger partial charge in [0.25, 0.3) is 11.8 Å². The number of nitrogens with zero attached hydrogens (tertiary/aromatic N) is 1. The number of nitrogens with two attached hydrogens (primary N) is 1. The number of benzene rings is 2. The van der Waals surface area contributed by atoms with Crippen molar-refractivity contribution in [3.05, 3.63) is 59.7 Å². The quantitative estimate of drug-likeness (QED) is 0.822. The molecule has 8 heteroatoms. The zero-order valence-corrected chi connectivity index (χ0v) is 15.1. The van der Waals surface area contributed by atoms with Gasteiger partial charge in [0, 0.05) is 37.6 Å². The van der Waals surface area contributed by atoms with Gasteiger partial charge in [0.15, 0.2) is 18.2 Å². The number of primary amides is 1. The fourth-order valence-electron chi connectivity index (χ4n) is 2.96. The molecule has 1 aliphatic heterocycles. The second kappa shape index (κ2) is 8.69. The van der Waals surface area contributed by atoms with Crippen LogP contribution in [-0.4, -0.2) is 42.5 Å². The number of ether oxygens (including phenoxy) is 2. The number of rotatable bonds is 6. The van der Waals surface area contributed by atoms with Crippen LogP contribution in [0.15, 0.2) is 42.5 Å². The summed E-state index contributed by atoms with van der Waals surface area (Å²) in [5.41, 5.74) is 5.51. The molecule has 2 aromatic carbocycles. The maximum Gasteiger partial charge on any atom is 0.255 e. The van der Waals surface area contributed by atoms with E-state index in [0.29, 0.717) is 37.2 Å². The zero-order chi connectivity index (χ0) is 20.1. The minimum atomic E-state index is -0.739. The molecule has 0 atom stereocenters. The van der Waals surface area contributed by atoms with Gasteiger partial charge in [-0.05, 0) is 36.4 Å². The summed E-state index contributed by atoms with van der Waals surface area (Å²) in [6, 6.07) is 9.64. The van der Waals surface area contributed by atoms with E-state index in [2.05, 4.69) is 0 Å². The number of carbonyl (C=O) groups is 2. The van der Waals surface area contributed by atoms with Gasteiger partial charge in [0.1, 0.15) is 17.7 Å². The largest absolute Gasteiger partial charge is 0.487 e. The molecule has 148 valence electrons. The maximum atomic E-state index is 13.7. The predicted octanol–water partition coefficient (Wildman–Crippen LogP) is 2.51. The Bertz CT molecular complexity index is 850. The van der Waals surface area contributed by atoms with Gasteiger partial charge in [-0.1, -0.05) is 0 Å². The van der Waals surface area contributed by atoms with E-state index in [9.17, 15) is 18.4 Å². The molecule has 0 saturated carbocycles. The lowest BCUT2D eigenvalue weighted by molar-refractivity contribution is -0.119. The van der Waals surface area contributed by atoms with Crippen molar-refractivity contribution in [1.82, 2.24) is 4.90 Å². The average Bonchev–Trinajstić information content (AvgIpc) is 2.69. The first-order chi connectivity index (χ1) is 13.4. The number of halogens is 2.